The number of rotatable bonds is 7. The van der Waals surface area contributed by atoms with Crippen molar-refractivity contribution in [3.8, 4) is 22.7 Å². The topological polar surface area (TPSA) is 43.1 Å². The molecule has 0 aliphatic rings. The number of ketones is 1. The van der Waals surface area contributed by atoms with Crippen LogP contribution in [0.25, 0.3) is 28.8 Å². The van der Waals surface area contributed by atoms with Crippen LogP contribution in [0.1, 0.15) is 31.6 Å². The molecule has 0 N–H and O–H groups in total. The fourth-order valence-corrected chi connectivity index (χ4v) is 3.12. The average molecular weight is 380 g/mol. The minimum Gasteiger partial charge on any atom is -0.440 e. The maximum Gasteiger partial charge on any atom is 0.226 e. The Morgan fingerprint density at radius 2 is 1.93 bits per heavy atom. The average Bonchev–Trinajstić information content (AvgIpc) is 3.04. The molecule has 3 rings (SSSR count). The fraction of sp³-hybridized carbons (Fsp3) is 0.217. The largest absolute Gasteiger partial charge is 0.440 e. The number of carbonyl (C=O) groups excluding carboxylic acids is 1. The molecule has 1 heterocycles. The van der Waals surface area contributed by atoms with E-state index >= 15 is 0 Å². The molecule has 138 valence electrons. The van der Waals surface area contributed by atoms with Crippen LogP contribution in [0.15, 0.2) is 59.5 Å². The van der Waals surface area contributed by atoms with Crippen molar-refractivity contribution in [1.82, 2.24) is 4.98 Å². The Kier molecular flexibility index (Phi) is 5.92. The SMILES string of the molecule is C=Cc1ccc(-c2nc(-c3cccc(Cl)c3)c(CC(=O)CC(C)C)o2)cc1. The lowest BCUT2D eigenvalue weighted by Gasteiger charge is -2.04. The molecule has 4 heteroatoms. The van der Waals surface area contributed by atoms with Crippen molar-refractivity contribution in [2.45, 2.75) is 26.7 Å². The second kappa shape index (κ2) is 8.36. The van der Waals surface area contributed by atoms with Crippen LogP contribution in [0.3, 0.4) is 0 Å². The highest BCUT2D eigenvalue weighted by Crippen LogP contribution is 2.31. The number of carbonyl (C=O) groups is 1. The summed E-state index contributed by atoms with van der Waals surface area (Å²) in [6.07, 6.45) is 2.52. The third kappa shape index (κ3) is 4.75. The molecule has 0 unspecified atom stereocenters. The van der Waals surface area contributed by atoms with Gasteiger partial charge < -0.3 is 4.42 Å². The second-order valence-corrected chi connectivity index (χ2v) is 7.38. The number of aromatic nitrogens is 1. The van der Waals surface area contributed by atoms with Crippen LogP contribution < -0.4 is 0 Å². The molecule has 3 aromatic rings. The molecule has 0 atom stereocenters. The summed E-state index contributed by atoms with van der Waals surface area (Å²) < 4.78 is 6.02. The minimum atomic E-state index is 0.137. The summed E-state index contributed by atoms with van der Waals surface area (Å²) in [5.74, 6) is 1.51. The summed E-state index contributed by atoms with van der Waals surface area (Å²) >= 11 is 6.14. The van der Waals surface area contributed by atoms with E-state index in [2.05, 4.69) is 11.6 Å². The van der Waals surface area contributed by atoms with E-state index in [4.69, 9.17) is 16.0 Å². The van der Waals surface area contributed by atoms with E-state index in [1.807, 2.05) is 62.4 Å². The van der Waals surface area contributed by atoms with Gasteiger partial charge in [-0.1, -0.05) is 62.4 Å². The molecule has 0 spiro atoms. The quantitative estimate of drug-likeness (QED) is 0.473. The van der Waals surface area contributed by atoms with Crippen molar-refractivity contribution in [1.29, 1.82) is 0 Å². The Morgan fingerprint density at radius 1 is 1.19 bits per heavy atom. The minimum absolute atomic E-state index is 0.137. The molecule has 0 fully saturated rings. The number of Topliss-reactive ketones (excluding diaryl/α,β-unsaturated/α-hetero) is 1. The first-order chi connectivity index (χ1) is 13.0. The molecule has 0 amide bonds. The Bertz CT molecular complexity index is 955. The van der Waals surface area contributed by atoms with Gasteiger partial charge in [0.25, 0.3) is 0 Å². The van der Waals surface area contributed by atoms with Gasteiger partial charge in [-0.2, -0.15) is 0 Å². The molecule has 2 aromatic carbocycles. The van der Waals surface area contributed by atoms with Crippen molar-refractivity contribution in [3.05, 3.63) is 71.5 Å². The summed E-state index contributed by atoms with van der Waals surface area (Å²) in [7, 11) is 0. The number of hydrogen-bond acceptors (Lipinski definition) is 3. The van der Waals surface area contributed by atoms with Crippen molar-refractivity contribution in [2.24, 2.45) is 5.92 Å². The van der Waals surface area contributed by atoms with Crippen LogP contribution in [0.4, 0.5) is 0 Å². The number of nitrogens with zero attached hydrogens (tertiary/aromatic N) is 1. The lowest BCUT2D eigenvalue weighted by atomic mass is 10.0. The summed E-state index contributed by atoms with van der Waals surface area (Å²) in [5, 5.41) is 0.617. The zero-order chi connectivity index (χ0) is 19.4. The first kappa shape index (κ1) is 19.1. The molecular weight excluding hydrogens is 358 g/mol. The van der Waals surface area contributed by atoms with Gasteiger partial charge in [0.2, 0.25) is 5.89 Å². The highest BCUT2D eigenvalue weighted by molar-refractivity contribution is 6.30. The summed E-state index contributed by atoms with van der Waals surface area (Å²) in [5.41, 5.74) is 3.38. The van der Waals surface area contributed by atoms with E-state index in [1.165, 1.54) is 0 Å². The number of oxazole rings is 1. The standard InChI is InChI=1S/C23H22ClNO2/c1-4-16-8-10-17(11-9-16)23-25-22(18-6-5-7-19(24)13-18)21(27-23)14-20(26)12-15(2)3/h4-11,13,15H,1,12,14H2,2-3H3. The van der Waals surface area contributed by atoms with Crippen LogP contribution in [-0.4, -0.2) is 10.8 Å². The third-order valence-corrected chi connectivity index (χ3v) is 4.42. The molecule has 0 saturated carbocycles. The van der Waals surface area contributed by atoms with Crippen molar-refractivity contribution in [3.63, 3.8) is 0 Å². The van der Waals surface area contributed by atoms with Crippen molar-refractivity contribution >= 4 is 23.5 Å². The van der Waals surface area contributed by atoms with Gasteiger partial charge in [0, 0.05) is 22.6 Å². The summed E-state index contributed by atoms with van der Waals surface area (Å²) in [6.45, 7) is 7.83. The van der Waals surface area contributed by atoms with Crippen LogP contribution in [0, 0.1) is 5.92 Å². The molecule has 0 bridgehead atoms. The Hall–Kier alpha value is -2.65. The zero-order valence-corrected chi connectivity index (χ0v) is 16.3. The first-order valence-electron chi connectivity index (χ1n) is 8.96. The monoisotopic (exact) mass is 379 g/mol. The Balaban J connectivity index is 2.02. The highest BCUT2D eigenvalue weighted by atomic mass is 35.5. The maximum absolute atomic E-state index is 12.4. The van der Waals surface area contributed by atoms with Gasteiger partial charge in [0.1, 0.15) is 17.2 Å². The zero-order valence-electron chi connectivity index (χ0n) is 15.5. The molecular formula is C23H22ClNO2. The lowest BCUT2D eigenvalue weighted by molar-refractivity contribution is -0.119. The van der Waals surface area contributed by atoms with E-state index in [1.54, 1.807) is 6.08 Å². The molecule has 3 nitrogen and oxygen atoms in total. The predicted molar refractivity (Wildman–Crippen MR) is 111 cm³/mol. The lowest BCUT2D eigenvalue weighted by Crippen LogP contribution is -2.06. The van der Waals surface area contributed by atoms with E-state index in [9.17, 15) is 4.79 Å². The van der Waals surface area contributed by atoms with Gasteiger partial charge in [-0.15, -0.1) is 0 Å². The van der Waals surface area contributed by atoms with Crippen LogP contribution in [0.5, 0.6) is 0 Å². The summed E-state index contributed by atoms with van der Waals surface area (Å²) in [4.78, 5) is 17.1. The van der Waals surface area contributed by atoms with Crippen molar-refractivity contribution in [2.75, 3.05) is 0 Å². The number of hydrogen-bond donors (Lipinski definition) is 0. The van der Waals surface area contributed by atoms with E-state index < -0.39 is 0 Å². The van der Waals surface area contributed by atoms with Crippen LogP contribution in [0.2, 0.25) is 5.02 Å². The molecule has 0 aliphatic heterocycles. The molecule has 0 saturated heterocycles. The van der Waals surface area contributed by atoms with Crippen LogP contribution >= 0.6 is 11.6 Å². The van der Waals surface area contributed by atoms with Crippen LogP contribution in [-0.2, 0) is 11.2 Å². The van der Waals surface area contributed by atoms with E-state index in [0.29, 0.717) is 34.7 Å². The predicted octanol–water partition coefficient (Wildman–Crippen LogP) is 6.46. The molecule has 1 aromatic heterocycles. The van der Waals surface area contributed by atoms with E-state index in [-0.39, 0.29) is 12.2 Å². The fourth-order valence-electron chi connectivity index (χ4n) is 2.92. The van der Waals surface area contributed by atoms with Gasteiger partial charge in [-0.3, -0.25) is 4.79 Å². The number of halogens is 1. The second-order valence-electron chi connectivity index (χ2n) is 6.94. The first-order valence-corrected chi connectivity index (χ1v) is 9.34. The molecule has 27 heavy (non-hydrogen) atoms. The molecule has 0 aliphatic carbocycles. The Labute approximate surface area is 164 Å². The van der Waals surface area contributed by atoms with Crippen molar-refractivity contribution < 1.29 is 9.21 Å². The maximum atomic E-state index is 12.4. The third-order valence-electron chi connectivity index (χ3n) is 4.18. The molecule has 0 radical (unpaired) electrons. The van der Waals surface area contributed by atoms with Gasteiger partial charge in [0.15, 0.2) is 0 Å². The van der Waals surface area contributed by atoms with Gasteiger partial charge in [-0.25, -0.2) is 4.98 Å². The number of benzene rings is 2. The van der Waals surface area contributed by atoms with E-state index in [0.717, 1.165) is 16.7 Å². The Morgan fingerprint density at radius 3 is 2.56 bits per heavy atom. The van der Waals surface area contributed by atoms with Gasteiger partial charge in [0.05, 0.1) is 6.42 Å². The van der Waals surface area contributed by atoms with Gasteiger partial charge in [-0.05, 0) is 35.7 Å². The summed E-state index contributed by atoms with van der Waals surface area (Å²) in [6, 6.07) is 15.2. The normalized spacial score (nSPS) is 11.0. The highest BCUT2D eigenvalue weighted by Gasteiger charge is 2.19. The smallest absolute Gasteiger partial charge is 0.226 e. The van der Waals surface area contributed by atoms with Gasteiger partial charge >= 0.3 is 0 Å².